The summed E-state index contributed by atoms with van der Waals surface area (Å²) in [5.74, 6) is 0. The van der Waals surface area contributed by atoms with Crippen molar-refractivity contribution in [2.45, 2.75) is 0 Å². The molecule has 0 aromatic rings. The van der Waals surface area contributed by atoms with Crippen molar-refractivity contribution in [3.8, 4) is 0 Å². The Bertz CT molecular complexity index is 59.1. The van der Waals surface area contributed by atoms with E-state index in [1.165, 1.54) is 6.08 Å². The van der Waals surface area contributed by atoms with E-state index in [0.29, 0.717) is 0 Å². The van der Waals surface area contributed by atoms with Crippen molar-refractivity contribution in [3.05, 3.63) is 32.1 Å². The Balaban J connectivity index is 3.16. The third-order valence-electron chi connectivity index (χ3n) is 0.380. The van der Waals surface area contributed by atoms with Crippen molar-refractivity contribution < 1.29 is 10.1 Å². The van der Waals surface area contributed by atoms with Gasteiger partial charge in [-0.2, -0.15) is 0 Å². The first-order chi connectivity index (χ1) is 3.31. The van der Waals surface area contributed by atoms with Gasteiger partial charge in [-0.05, 0) is 0 Å². The minimum atomic E-state index is 0.134. The Labute approximate surface area is 43.3 Å². The normalized spacial score (nSPS) is 8.86. The number of hydrogen-bond acceptors (Lipinski definition) is 2. The van der Waals surface area contributed by atoms with Gasteiger partial charge >= 0.3 is 0 Å². The van der Waals surface area contributed by atoms with Crippen molar-refractivity contribution in [1.82, 2.24) is 0 Å². The molecular weight excluding hydrogens is 92.1 g/mol. The summed E-state index contributed by atoms with van der Waals surface area (Å²) < 4.78 is 0. The van der Waals surface area contributed by atoms with Gasteiger partial charge in [-0.15, -0.1) is 6.92 Å². The molecule has 0 atom stereocenters. The fraction of sp³-hybridized carbons (Fsp3) is 0. The Kier molecular flexibility index (Phi) is 3.15. The highest BCUT2D eigenvalue weighted by atomic mass is 17.1. The van der Waals surface area contributed by atoms with Crippen LogP contribution in [0, 0.1) is 26.0 Å². The predicted molar refractivity (Wildman–Crippen MR) is 25.5 cm³/mol. The quantitative estimate of drug-likeness (QED) is 0.317. The smallest absolute Gasteiger partial charge is 0.195 e. The monoisotopic (exact) mass is 98.0 g/mol. The summed E-state index contributed by atoms with van der Waals surface area (Å²) in [7, 11) is 0. The average Bonchev–Trinajstić information content (AvgIpc) is 1.68. The zero-order valence-electron chi connectivity index (χ0n) is 3.85. The molecule has 0 rings (SSSR count). The van der Waals surface area contributed by atoms with E-state index >= 15 is 0 Å². The maximum absolute atomic E-state index is 7.77. The molecular formula is C5H6O2. The van der Waals surface area contributed by atoms with Crippen LogP contribution in [0.4, 0.5) is 0 Å². The molecule has 0 saturated carbocycles. The summed E-state index contributed by atoms with van der Waals surface area (Å²) in [5, 5.41) is 7.77. The molecule has 0 aliphatic rings. The molecule has 0 saturated heterocycles. The third-order valence-corrected chi connectivity index (χ3v) is 0.380. The molecule has 0 bridgehead atoms. The van der Waals surface area contributed by atoms with Gasteiger partial charge < -0.3 is 0 Å². The van der Waals surface area contributed by atoms with Gasteiger partial charge in [0.05, 0.1) is 0 Å². The summed E-state index contributed by atoms with van der Waals surface area (Å²) in [5.41, 5.74) is 0. The maximum Gasteiger partial charge on any atom is 0.195 e. The highest BCUT2D eigenvalue weighted by molar-refractivity contribution is 5.01. The van der Waals surface area contributed by atoms with Crippen LogP contribution in [0.15, 0.2) is 6.08 Å². The van der Waals surface area contributed by atoms with Crippen LogP contribution in [0.25, 0.3) is 0 Å². The molecule has 0 amide bonds. The fourth-order valence-corrected chi connectivity index (χ4v) is 0.140. The minimum Gasteiger partial charge on any atom is -0.212 e. The molecule has 0 spiro atoms. The van der Waals surface area contributed by atoms with Gasteiger partial charge in [0.15, 0.2) is 6.08 Å². The Morgan fingerprint density at radius 2 is 2.43 bits per heavy atom. The zero-order chi connectivity index (χ0) is 5.70. The molecule has 38 valence electrons. The van der Waals surface area contributed by atoms with Crippen LogP contribution in [-0.2, 0) is 4.89 Å². The van der Waals surface area contributed by atoms with Crippen LogP contribution < -0.4 is 0 Å². The van der Waals surface area contributed by atoms with Gasteiger partial charge in [0.2, 0.25) is 0 Å². The van der Waals surface area contributed by atoms with Crippen LogP contribution in [0.2, 0.25) is 0 Å². The standard InChI is InChI=1S/C5H6O2/c1-3-4-5(2)7-6/h4,6H,1-2H2. The molecule has 2 heteroatoms. The van der Waals surface area contributed by atoms with Gasteiger partial charge in [-0.3, -0.25) is 0 Å². The van der Waals surface area contributed by atoms with Gasteiger partial charge in [0, 0.05) is 6.92 Å². The van der Waals surface area contributed by atoms with Gasteiger partial charge in [-0.1, -0.05) is 4.89 Å². The lowest BCUT2D eigenvalue weighted by Crippen LogP contribution is -1.87. The second kappa shape index (κ2) is 3.50. The first-order valence-corrected chi connectivity index (χ1v) is 1.67. The second-order valence-electron chi connectivity index (χ2n) is 0.906. The van der Waals surface area contributed by atoms with E-state index in [2.05, 4.69) is 24.8 Å². The summed E-state index contributed by atoms with van der Waals surface area (Å²) >= 11 is 0. The van der Waals surface area contributed by atoms with Crippen LogP contribution in [0.1, 0.15) is 0 Å². The Morgan fingerprint density at radius 3 is 2.57 bits per heavy atom. The van der Waals surface area contributed by atoms with Gasteiger partial charge in [0.1, 0.15) is 12.2 Å². The summed E-state index contributed by atoms with van der Waals surface area (Å²) in [4.78, 5) is 3.64. The molecule has 0 aliphatic carbocycles. The lowest BCUT2D eigenvalue weighted by molar-refractivity contribution is -0.219. The lowest BCUT2D eigenvalue weighted by Gasteiger charge is -1.87. The molecule has 0 aromatic carbocycles. The lowest BCUT2D eigenvalue weighted by atomic mass is 10.4. The molecule has 0 fully saturated rings. The van der Waals surface area contributed by atoms with E-state index in [9.17, 15) is 0 Å². The van der Waals surface area contributed by atoms with Crippen molar-refractivity contribution in [2.75, 3.05) is 0 Å². The minimum absolute atomic E-state index is 0.134. The SMILES string of the molecule is [CH2-]/[C+]=C/[C+]([CH2-])OO. The van der Waals surface area contributed by atoms with Crippen LogP contribution >= 0.6 is 0 Å². The summed E-state index contributed by atoms with van der Waals surface area (Å²) in [6.45, 7) is 6.45. The van der Waals surface area contributed by atoms with E-state index < -0.39 is 0 Å². The van der Waals surface area contributed by atoms with E-state index in [1.54, 1.807) is 0 Å². The first-order valence-electron chi connectivity index (χ1n) is 1.67. The molecule has 1 N–H and O–H groups in total. The highest BCUT2D eigenvalue weighted by Crippen LogP contribution is 1.96. The molecule has 0 aliphatic heterocycles. The van der Waals surface area contributed by atoms with Crippen LogP contribution in [0.5, 0.6) is 0 Å². The zero-order valence-corrected chi connectivity index (χ0v) is 3.85. The molecule has 2 nitrogen and oxygen atoms in total. The average molecular weight is 98.1 g/mol. The number of rotatable bonds is 2. The highest BCUT2D eigenvalue weighted by Gasteiger charge is 1.97. The fourth-order valence-electron chi connectivity index (χ4n) is 0.140. The van der Waals surface area contributed by atoms with Crippen molar-refractivity contribution in [2.24, 2.45) is 0 Å². The summed E-state index contributed by atoms with van der Waals surface area (Å²) in [6, 6.07) is 0. The number of allylic oxidation sites excluding steroid dienone is 1. The molecule has 0 radical (unpaired) electrons. The van der Waals surface area contributed by atoms with Crippen molar-refractivity contribution in [1.29, 1.82) is 0 Å². The molecule has 0 aromatic heterocycles. The maximum atomic E-state index is 7.77. The van der Waals surface area contributed by atoms with E-state index in [1.807, 2.05) is 0 Å². The van der Waals surface area contributed by atoms with E-state index in [-0.39, 0.29) is 6.10 Å². The molecule has 0 heterocycles. The molecule has 7 heavy (non-hydrogen) atoms. The van der Waals surface area contributed by atoms with Gasteiger partial charge in [-0.25, -0.2) is 5.26 Å². The second-order valence-corrected chi connectivity index (χ2v) is 0.906. The predicted octanol–water partition coefficient (Wildman–Crippen LogP) is 1.04. The largest absolute Gasteiger partial charge is 0.212 e. The van der Waals surface area contributed by atoms with E-state index in [4.69, 9.17) is 5.26 Å². The van der Waals surface area contributed by atoms with Crippen molar-refractivity contribution >= 4 is 0 Å². The van der Waals surface area contributed by atoms with Crippen LogP contribution in [0.3, 0.4) is 0 Å². The number of hydrogen-bond donors (Lipinski definition) is 1. The van der Waals surface area contributed by atoms with Gasteiger partial charge in [0.25, 0.3) is 0 Å². The Morgan fingerprint density at radius 1 is 1.86 bits per heavy atom. The Hall–Kier alpha value is -0.690. The molecule has 0 unspecified atom stereocenters. The third kappa shape index (κ3) is 3.13. The van der Waals surface area contributed by atoms with Crippen molar-refractivity contribution in [3.63, 3.8) is 0 Å². The first kappa shape index (κ1) is 6.31. The topological polar surface area (TPSA) is 29.5 Å². The van der Waals surface area contributed by atoms with E-state index in [0.717, 1.165) is 0 Å². The van der Waals surface area contributed by atoms with Crippen LogP contribution in [-0.4, -0.2) is 5.26 Å². The summed E-state index contributed by atoms with van der Waals surface area (Å²) in [6.07, 6.45) is 3.81.